The molecule has 8 heteroatoms. The molecule has 0 spiro atoms. The van der Waals surface area contributed by atoms with Gasteiger partial charge in [-0.05, 0) is 61.4 Å². The van der Waals surface area contributed by atoms with E-state index in [4.69, 9.17) is 11.6 Å². The number of hydrogen-bond donors (Lipinski definition) is 3. The third-order valence-electron chi connectivity index (χ3n) is 5.59. The van der Waals surface area contributed by atoms with Crippen LogP contribution in [0.5, 0.6) is 11.5 Å². The largest absolute Gasteiger partial charge is 0.504 e. The van der Waals surface area contributed by atoms with Crippen LogP contribution in [0.1, 0.15) is 36.7 Å². The fraction of sp³-hybridized carbons (Fsp3) is 0.152. The number of nitrogens with zero attached hydrogens (tertiary/aromatic N) is 1. The number of aryl methyl sites for hydroxylation is 1. The highest BCUT2D eigenvalue weighted by Gasteiger charge is 2.24. The van der Waals surface area contributed by atoms with E-state index >= 15 is 0 Å². The Morgan fingerprint density at radius 3 is 2.17 bits per heavy atom. The molecule has 0 atom stereocenters. The number of phenolic OH excluding ortho intramolecular Hbond substituents is 2. The minimum absolute atomic E-state index is 0.278. The number of aromatic hydroxyl groups is 2. The van der Waals surface area contributed by atoms with Crippen LogP contribution in [0.2, 0.25) is 5.02 Å². The Morgan fingerprint density at radius 2 is 1.66 bits per heavy atom. The zero-order valence-electron chi connectivity index (χ0n) is 24.1. The summed E-state index contributed by atoms with van der Waals surface area (Å²) in [6.45, 7) is 18.9. The first-order valence-electron chi connectivity index (χ1n) is 12.7. The van der Waals surface area contributed by atoms with Gasteiger partial charge < -0.3 is 15.5 Å². The number of carbonyl (C=O) groups is 2. The van der Waals surface area contributed by atoms with Gasteiger partial charge in [0.15, 0.2) is 11.5 Å². The number of allylic oxidation sites excluding steroid dienone is 4. The number of anilines is 2. The Labute approximate surface area is 252 Å². The summed E-state index contributed by atoms with van der Waals surface area (Å²) in [5.41, 5.74) is 4.08. The molecule has 0 aliphatic carbocycles. The van der Waals surface area contributed by atoms with Gasteiger partial charge in [0, 0.05) is 29.3 Å². The molecule has 0 heterocycles. The molecule has 3 aromatic carbocycles. The second-order valence-electron chi connectivity index (χ2n) is 8.18. The number of phenols is 2. The molecule has 0 saturated carbocycles. The smallest absolute Gasteiger partial charge is 0.264 e. The van der Waals surface area contributed by atoms with E-state index in [-0.39, 0.29) is 11.5 Å². The van der Waals surface area contributed by atoms with Gasteiger partial charge in [-0.3, -0.25) is 14.5 Å². The van der Waals surface area contributed by atoms with E-state index in [1.165, 1.54) is 40.9 Å². The number of halogens is 1. The molecule has 3 rings (SSSR count). The minimum Gasteiger partial charge on any atom is -0.504 e. The van der Waals surface area contributed by atoms with Crippen LogP contribution in [0.15, 0.2) is 114 Å². The summed E-state index contributed by atoms with van der Waals surface area (Å²) in [5, 5.41) is 23.5. The van der Waals surface area contributed by atoms with Gasteiger partial charge in [-0.1, -0.05) is 87.3 Å². The van der Waals surface area contributed by atoms with E-state index in [0.29, 0.717) is 26.9 Å². The predicted octanol–water partition coefficient (Wildman–Crippen LogP) is 8.91. The molecule has 0 fully saturated rings. The average Bonchev–Trinajstić information content (AvgIpc) is 2.98. The van der Waals surface area contributed by atoms with E-state index in [2.05, 4.69) is 25.1 Å². The van der Waals surface area contributed by atoms with Gasteiger partial charge in [0.25, 0.3) is 5.91 Å². The van der Waals surface area contributed by atoms with E-state index in [0.717, 1.165) is 28.0 Å². The third kappa shape index (κ3) is 9.74. The molecule has 0 aliphatic rings. The number of hydrogen-bond acceptors (Lipinski definition) is 6. The van der Waals surface area contributed by atoms with Crippen molar-refractivity contribution in [1.82, 2.24) is 0 Å². The molecule has 0 aliphatic heterocycles. The van der Waals surface area contributed by atoms with Crippen molar-refractivity contribution in [3.8, 4) is 11.5 Å². The Balaban J connectivity index is 0.000000653. The maximum absolute atomic E-state index is 13.4. The Kier molecular flexibility index (Phi) is 14.8. The van der Waals surface area contributed by atoms with E-state index < -0.39 is 5.91 Å². The van der Waals surface area contributed by atoms with Crippen molar-refractivity contribution in [3.05, 3.63) is 125 Å². The van der Waals surface area contributed by atoms with Crippen molar-refractivity contribution < 1.29 is 19.8 Å². The highest BCUT2D eigenvalue weighted by molar-refractivity contribution is 8.03. The molecular weight excluding hydrogens is 556 g/mol. The predicted molar refractivity (Wildman–Crippen MR) is 174 cm³/mol. The molecule has 1 amide bonds. The van der Waals surface area contributed by atoms with Gasteiger partial charge in [-0.15, -0.1) is 0 Å². The van der Waals surface area contributed by atoms with Gasteiger partial charge in [-0.25, -0.2) is 0 Å². The lowest BCUT2D eigenvalue weighted by atomic mass is 10.1. The molecule has 6 nitrogen and oxygen atoms in total. The van der Waals surface area contributed by atoms with Gasteiger partial charge in [0.1, 0.15) is 6.29 Å². The number of thioether (sulfide) groups is 1. The molecule has 0 bridgehead atoms. The quantitative estimate of drug-likeness (QED) is 0.0755. The second kappa shape index (κ2) is 17.5. The number of benzene rings is 3. The maximum atomic E-state index is 13.4. The Morgan fingerprint density at radius 1 is 1.00 bits per heavy atom. The van der Waals surface area contributed by atoms with Crippen LogP contribution in [-0.4, -0.2) is 29.5 Å². The molecule has 0 aromatic heterocycles. The highest BCUT2D eigenvalue weighted by atomic mass is 35.5. The topological polar surface area (TPSA) is 89.9 Å². The third-order valence-corrected chi connectivity index (χ3v) is 6.99. The van der Waals surface area contributed by atoms with Crippen molar-refractivity contribution in [2.24, 2.45) is 0 Å². The monoisotopic (exact) mass is 592 g/mol. The number of aldehydes is 1. The molecule has 3 N–H and O–H groups in total. The van der Waals surface area contributed by atoms with Crippen LogP contribution in [-0.2, 0) is 4.79 Å². The molecule has 3 aromatic rings. The fourth-order valence-corrected chi connectivity index (χ4v) is 4.40. The summed E-state index contributed by atoms with van der Waals surface area (Å²) >= 11 is 7.58. The number of amides is 1. The first kappa shape index (κ1) is 34.8. The normalized spacial score (nSPS) is 10.4. The van der Waals surface area contributed by atoms with Crippen molar-refractivity contribution >= 4 is 46.9 Å². The lowest BCUT2D eigenvalue weighted by Gasteiger charge is -2.25. The lowest BCUT2D eigenvalue weighted by molar-refractivity contribution is -0.104. The molecular formula is C33H37ClN2O4S. The van der Waals surface area contributed by atoms with E-state index in [1.807, 2.05) is 52.9 Å². The second-order valence-corrected chi connectivity index (χ2v) is 9.71. The van der Waals surface area contributed by atoms with Crippen LogP contribution in [0.4, 0.5) is 11.4 Å². The molecule has 216 valence electrons. The van der Waals surface area contributed by atoms with Crippen molar-refractivity contribution in [3.63, 3.8) is 0 Å². The number of carbonyl (C=O) groups excluding carboxylic acids is 2. The van der Waals surface area contributed by atoms with E-state index in [9.17, 15) is 19.8 Å². The maximum Gasteiger partial charge on any atom is 0.264 e. The number of rotatable bonds is 9. The van der Waals surface area contributed by atoms with Crippen molar-refractivity contribution in [1.29, 1.82) is 0 Å². The van der Waals surface area contributed by atoms with Gasteiger partial charge >= 0.3 is 0 Å². The average molecular weight is 593 g/mol. The van der Waals surface area contributed by atoms with E-state index in [1.54, 1.807) is 30.3 Å². The number of nitrogens with one attached hydrogen (secondary N) is 1. The standard InChI is InChI=1S/C23H21ClN2O3S.C8H10O.C2H6/c1-14-8-9-16(25-3)12-22(14)30-15(2)26(17-10-11-20(27)21(28)13-17)23(29)18-6-4-5-7-19(18)24;1-4-7(3)8(5-2)6-9;1-2/h4-13,25,27-28H,2H2,1,3H3;4-6H,1-2H2,3H3;1-2H3/b;8-7+;. The first-order valence-corrected chi connectivity index (χ1v) is 13.9. The van der Waals surface area contributed by atoms with Gasteiger partial charge in [0.2, 0.25) is 0 Å². The zero-order valence-corrected chi connectivity index (χ0v) is 25.6. The van der Waals surface area contributed by atoms with Crippen molar-refractivity contribution in [2.45, 2.75) is 32.6 Å². The summed E-state index contributed by atoms with van der Waals surface area (Å²) in [5.74, 6) is -1.01. The Bertz CT molecular complexity index is 1420. The molecule has 41 heavy (non-hydrogen) atoms. The minimum atomic E-state index is -0.398. The summed E-state index contributed by atoms with van der Waals surface area (Å²) in [6, 6.07) is 16.8. The summed E-state index contributed by atoms with van der Waals surface area (Å²) in [7, 11) is 1.83. The molecule has 0 radical (unpaired) electrons. The van der Waals surface area contributed by atoms with Gasteiger partial charge in [0.05, 0.1) is 21.3 Å². The van der Waals surface area contributed by atoms with Crippen LogP contribution >= 0.6 is 23.4 Å². The Hall–Kier alpha value is -4.20. The molecule has 0 unspecified atom stereocenters. The van der Waals surface area contributed by atoms with Crippen LogP contribution in [0, 0.1) is 6.92 Å². The summed E-state index contributed by atoms with van der Waals surface area (Å²) in [4.78, 5) is 25.9. The van der Waals surface area contributed by atoms with Crippen LogP contribution in [0.3, 0.4) is 0 Å². The first-order chi connectivity index (χ1) is 19.6. The summed E-state index contributed by atoms with van der Waals surface area (Å²) in [6.07, 6.45) is 3.92. The van der Waals surface area contributed by atoms with Crippen molar-refractivity contribution in [2.75, 3.05) is 17.3 Å². The zero-order chi connectivity index (χ0) is 31.1. The summed E-state index contributed by atoms with van der Waals surface area (Å²) < 4.78 is 0. The molecule has 0 saturated heterocycles. The lowest BCUT2D eigenvalue weighted by Crippen LogP contribution is -2.29. The van der Waals surface area contributed by atoms with Gasteiger partial charge in [-0.2, -0.15) is 0 Å². The fourth-order valence-electron chi connectivity index (χ4n) is 3.24. The highest BCUT2D eigenvalue weighted by Crippen LogP contribution is 2.38. The van der Waals surface area contributed by atoms with Crippen LogP contribution < -0.4 is 10.2 Å². The van der Waals surface area contributed by atoms with Crippen LogP contribution in [0.25, 0.3) is 0 Å². The SMILES string of the molecule is C=C(Sc1cc(NC)ccc1C)N(C(=O)c1ccccc1Cl)c1ccc(O)c(O)c1.C=C/C(C)=C(\C=C)C=O.CC.